The molecule has 0 aliphatic carbocycles. The standard InChI is InChI=1S/C31H25FN4O5S2/c1-33-30(37)28-21-13-20(18-12-22(31(40-3)35-16-18)27-14-23-26(42-27)6-5-11-34-23)24(36(2)43(4,38)39)15-25(21)41-29(28)17-7-9-19(32)10-8-17/h5-16H,1-4H3,(H,33,37). The lowest BCUT2D eigenvalue weighted by molar-refractivity contribution is 0.0964. The third-order valence-electron chi connectivity index (χ3n) is 7.11. The smallest absolute Gasteiger partial charge is 0.255 e. The fraction of sp³-hybridized carbons (Fsp3) is 0.129. The Morgan fingerprint density at radius 2 is 1.81 bits per heavy atom. The quantitative estimate of drug-likeness (QED) is 0.223. The van der Waals surface area contributed by atoms with Crippen molar-refractivity contribution in [2.24, 2.45) is 0 Å². The number of nitrogens with zero attached hydrogens (tertiary/aromatic N) is 3. The lowest BCUT2D eigenvalue weighted by Crippen LogP contribution is -2.25. The molecule has 1 amide bonds. The number of methoxy groups -OCH3 is 1. The lowest BCUT2D eigenvalue weighted by atomic mass is 9.98. The van der Waals surface area contributed by atoms with Gasteiger partial charge in [0.15, 0.2) is 0 Å². The molecule has 218 valence electrons. The number of sulfonamides is 1. The fourth-order valence-corrected chi connectivity index (χ4v) is 6.43. The summed E-state index contributed by atoms with van der Waals surface area (Å²) in [5.74, 6) is -0.231. The Bertz CT molecular complexity index is 2110. The van der Waals surface area contributed by atoms with Crippen molar-refractivity contribution >= 4 is 54.1 Å². The summed E-state index contributed by atoms with van der Waals surface area (Å²) in [7, 11) is 0.768. The summed E-state index contributed by atoms with van der Waals surface area (Å²) in [6, 6.07) is 16.6. The Morgan fingerprint density at radius 1 is 1.05 bits per heavy atom. The largest absolute Gasteiger partial charge is 0.481 e. The van der Waals surface area contributed by atoms with Gasteiger partial charge >= 0.3 is 0 Å². The van der Waals surface area contributed by atoms with Crippen molar-refractivity contribution in [3.8, 4) is 38.8 Å². The molecule has 0 radical (unpaired) electrons. The van der Waals surface area contributed by atoms with E-state index in [1.165, 1.54) is 56.8 Å². The lowest BCUT2D eigenvalue weighted by Gasteiger charge is -2.21. The number of carbonyl (C=O) groups excluding carboxylic acids is 1. The van der Waals surface area contributed by atoms with Gasteiger partial charge < -0.3 is 14.5 Å². The van der Waals surface area contributed by atoms with Gasteiger partial charge in [-0.25, -0.2) is 17.8 Å². The molecule has 0 unspecified atom stereocenters. The Balaban J connectivity index is 1.64. The topological polar surface area (TPSA) is 115 Å². The average Bonchev–Trinajstić information content (AvgIpc) is 3.61. The zero-order chi connectivity index (χ0) is 30.5. The molecule has 4 aromatic heterocycles. The second-order valence-corrected chi connectivity index (χ2v) is 12.9. The monoisotopic (exact) mass is 616 g/mol. The minimum atomic E-state index is -3.71. The minimum Gasteiger partial charge on any atom is -0.481 e. The Morgan fingerprint density at radius 3 is 2.49 bits per heavy atom. The van der Waals surface area contributed by atoms with Crippen LogP contribution in [-0.2, 0) is 10.0 Å². The molecule has 6 aromatic rings. The first kappa shape index (κ1) is 28.3. The highest BCUT2D eigenvalue weighted by molar-refractivity contribution is 7.92. The van der Waals surface area contributed by atoms with Crippen molar-refractivity contribution in [2.75, 3.05) is 31.8 Å². The van der Waals surface area contributed by atoms with E-state index in [2.05, 4.69) is 15.3 Å². The van der Waals surface area contributed by atoms with Crippen molar-refractivity contribution in [1.82, 2.24) is 15.3 Å². The highest BCUT2D eigenvalue weighted by atomic mass is 32.2. The van der Waals surface area contributed by atoms with Gasteiger partial charge in [0.1, 0.15) is 17.2 Å². The SMILES string of the molecule is CNC(=O)c1c(-c2ccc(F)cc2)oc2cc(N(C)S(C)(=O)=O)c(-c3cnc(OC)c(-c4cc5ncccc5s4)c3)cc12. The summed E-state index contributed by atoms with van der Waals surface area (Å²) >= 11 is 1.53. The van der Waals surface area contributed by atoms with Crippen LogP contribution >= 0.6 is 11.3 Å². The van der Waals surface area contributed by atoms with Crippen molar-refractivity contribution < 1.29 is 26.8 Å². The zero-order valence-corrected chi connectivity index (χ0v) is 25.1. The second kappa shape index (κ2) is 10.8. The molecule has 2 aromatic carbocycles. The number of halogens is 1. The van der Waals surface area contributed by atoms with E-state index in [1.54, 1.807) is 24.5 Å². The van der Waals surface area contributed by atoms with Crippen molar-refractivity contribution in [3.63, 3.8) is 0 Å². The van der Waals surface area contributed by atoms with Gasteiger partial charge in [-0.15, -0.1) is 11.3 Å². The van der Waals surface area contributed by atoms with E-state index in [9.17, 15) is 17.6 Å². The number of ether oxygens (including phenoxy) is 1. The zero-order valence-electron chi connectivity index (χ0n) is 23.5. The number of aromatic nitrogens is 2. The van der Waals surface area contributed by atoms with Crippen LogP contribution in [0.3, 0.4) is 0 Å². The molecule has 1 N–H and O–H groups in total. The van der Waals surface area contributed by atoms with Crippen molar-refractivity contribution in [2.45, 2.75) is 0 Å². The van der Waals surface area contributed by atoms with E-state index in [4.69, 9.17) is 9.15 Å². The molecule has 43 heavy (non-hydrogen) atoms. The molecule has 4 heterocycles. The molecule has 0 aliphatic rings. The molecule has 0 bridgehead atoms. The van der Waals surface area contributed by atoms with Crippen molar-refractivity contribution in [1.29, 1.82) is 0 Å². The van der Waals surface area contributed by atoms with E-state index in [0.29, 0.717) is 39.2 Å². The van der Waals surface area contributed by atoms with Crippen LogP contribution in [0.2, 0.25) is 0 Å². The Kier molecular flexibility index (Phi) is 7.10. The number of thiophene rings is 1. The van der Waals surface area contributed by atoms with Gasteiger partial charge in [-0.05, 0) is 54.6 Å². The Labute approximate surface area is 250 Å². The van der Waals surface area contributed by atoms with E-state index in [-0.39, 0.29) is 16.9 Å². The van der Waals surface area contributed by atoms with Crippen LogP contribution in [0.4, 0.5) is 10.1 Å². The molecule has 9 nitrogen and oxygen atoms in total. The van der Waals surface area contributed by atoms with Crippen LogP contribution in [0, 0.1) is 5.82 Å². The number of anilines is 1. The number of pyridine rings is 2. The maximum Gasteiger partial charge on any atom is 0.255 e. The maximum atomic E-state index is 13.7. The third kappa shape index (κ3) is 5.08. The predicted molar refractivity (Wildman–Crippen MR) is 167 cm³/mol. The van der Waals surface area contributed by atoms with Crippen LogP contribution in [0.15, 0.2) is 77.5 Å². The molecule has 0 aliphatic heterocycles. The Hall–Kier alpha value is -4.81. The van der Waals surface area contributed by atoms with Gasteiger partial charge in [-0.1, -0.05) is 0 Å². The van der Waals surface area contributed by atoms with Crippen LogP contribution in [0.25, 0.3) is 54.1 Å². The predicted octanol–water partition coefficient (Wildman–Crippen LogP) is 6.34. The molecule has 0 spiro atoms. The van der Waals surface area contributed by atoms with Crippen LogP contribution in [0.5, 0.6) is 5.88 Å². The summed E-state index contributed by atoms with van der Waals surface area (Å²) in [5.41, 5.74) is 3.92. The first-order valence-corrected chi connectivity index (χ1v) is 15.7. The third-order valence-corrected chi connectivity index (χ3v) is 9.43. The minimum absolute atomic E-state index is 0.228. The van der Waals surface area contributed by atoms with Gasteiger partial charge in [0.25, 0.3) is 5.91 Å². The molecule has 0 saturated carbocycles. The van der Waals surface area contributed by atoms with E-state index >= 15 is 0 Å². The van der Waals surface area contributed by atoms with Crippen LogP contribution in [-0.4, -0.2) is 51.8 Å². The summed E-state index contributed by atoms with van der Waals surface area (Å²) in [6.07, 6.45) is 4.42. The summed E-state index contributed by atoms with van der Waals surface area (Å²) in [5, 5.41) is 3.09. The molecule has 12 heteroatoms. The number of rotatable bonds is 7. The number of benzene rings is 2. The first-order chi connectivity index (χ1) is 20.6. The molecule has 0 saturated heterocycles. The molecule has 0 fully saturated rings. The van der Waals surface area contributed by atoms with E-state index in [0.717, 1.165) is 25.7 Å². The van der Waals surface area contributed by atoms with Crippen molar-refractivity contribution in [3.05, 3.63) is 84.4 Å². The van der Waals surface area contributed by atoms with Gasteiger partial charge in [-0.2, -0.15) is 0 Å². The van der Waals surface area contributed by atoms with Crippen LogP contribution in [0.1, 0.15) is 10.4 Å². The van der Waals surface area contributed by atoms with Gasteiger partial charge in [0, 0.05) is 59.5 Å². The number of amides is 1. The number of hydrogen-bond donors (Lipinski definition) is 1. The molecular weight excluding hydrogens is 591 g/mol. The second-order valence-electron chi connectivity index (χ2n) is 9.77. The molecular formula is C31H25FN4O5S2. The van der Waals surface area contributed by atoms with E-state index < -0.39 is 21.7 Å². The fourth-order valence-electron chi connectivity index (χ4n) is 4.90. The van der Waals surface area contributed by atoms with Gasteiger partial charge in [0.05, 0.1) is 40.4 Å². The average molecular weight is 617 g/mol. The highest BCUT2D eigenvalue weighted by Gasteiger charge is 2.26. The van der Waals surface area contributed by atoms with E-state index in [1.807, 2.05) is 24.3 Å². The van der Waals surface area contributed by atoms with Gasteiger partial charge in [0.2, 0.25) is 15.9 Å². The summed E-state index contributed by atoms with van der Waals surface area (Å²) < 4.78 is 53.1. The normalized spacial score (nSPS) is 11.7. The molecule has 0 atom stereocenters. The number of furan rings is 1. The number of hydrogen-bond acceptors (Lipinski definition) is 8. The van der Waals surface area contributed by atoms with Crippen LogP contribution < -0.4 is 14.4 Å². The summed E-state index contributed by atoms with van der Waals surface area (Å²) in [4.78, 5) is 23.1. The number of carbonyl (C=O) groups is 1. The first-order valence-electron chi connectivity index (χ1n) is 13.0. The number of nitrogens with one attached hydrogen (secondary N) is 1. The van der Waals surface area contributed by atoms with Gasteiger partial charge in [-0.3, -0.25) is 14.1 Å². The highest BCUT2D eigenvalue weighted by Crippen LogP contribution is 2.44. The summed E-state index contributed by atoms with van der Waals surface area (Å²) in [6.45, 7) is 0. The molecule has 6 rings (SSSR count). The maximum absolute atomic E-state index is 13.7. The number of fused-ring (bicyclic) bond motifs is 2.